The number of nitrogens with one attached hydrogen (secondary N) is 1. The Bertz CT molecular complexity index is 708. The number of ether oxygens (including phenoxy) is 1. The van der Waals surface area contributed by atoms with Crippen molar-refractivity contribution < 1.29 is 26.3 Å². The Labute approximate surface area is 143 Å². The fraction of sp³-hybridized carbons (Fsp3) is 0.500. The van der Waals surface area contributed by atoms with Crippen molar-refractivity contribution in [2.75, 3.05) is 43.0 Å². The number of rotatable bonds is 5. The molecule has 1 aromatic carbocycles. The fourth-order valence-electron chi connectivity index (χ4n) is 2.25. The van der Waals surface area contributed by atoms with Gasteiger partial charge in [-0.05, 0) is 12.1 Å². The molecule has 0 amide bonds. The van der Waals surface area contributed by atoms with Crippen molar-refractivity contribution in [1.82, 2.24) is 4.90 Å². The fourth-order valence-corrected chi connectivity index (χ4v) is 3.52. The molecule has 0 aromatic heterocycles. The van der Waals surface area contributed by atoms with Gasteiger partial charge in [-0.1, -0.05) is 12.1 Å². The van der Waals surface area contributed by atoms with E-state index in [9.17, 15) is 21.6 Å². The van der Waals surface area contributed by atoms with Crippen LogP contribution in [0.5, 0.6) is 5.75 Å². The lowest BCUT2D eigenvalue weighted by Crippen LogP contribution is -2.41. The second-order valence-corrected chi connectivity index (χ2v) is 7.73. The molecule has 25 heavy (non-hydrogen) atoms. The molecule has 0 aliphatic carbocycles. The number of aliphatic imine (C=N–C) groups is 1. The van der Waals surface area contributed by atoms with Gasteiger partial charge in [0.1, 0.15) is 0 Å². The second kappa shape index (κ2) is 7.91. The molecule has 1 aromatic rings. The first-order valence-electron chi connectivity index (χ1n) is 7.49. The van der Waals surface area contributed by atoms with Crippen LogP contribution in [0.15, 0.2) is 29.3 Å². The van der Waals surface area contributed by atoms with E-state index in [1.807, 2.05) is 4.90 Å². The average molecular weight is 380 g/mol. The topological polar surface area (TPSA) is 97.0 Å². The lowest BCUT2D eigenvalue weighted by atomic mass is 10.3. The van der Waals surface area contributed by atoms with E-state index in [0.29, 0.717) is 26.2 Å². The minimum Gasteiger partial charge on any atom is -0.404 e. The zero-order valence-corrected chi connectivity index (χ0v) is 14.1. The summed E-state index contributed by atoms with van der Waals surface area (Å²) in [7, 11) is -2.94. The van der Waals surface area contributed by atoms with Gasteiger partial charge in [-0.2, -0.15) is 0 Å². The Morgan fingerprint density at radius 2 is 1.92 bits per heavy atom. The third-order valence-electron chi connectivity index (χ3n) is 3.51. The van der Waals surface area contributed by atoms with Gasteiger partial charge in [-0.25, -0.2) is 8.42 Å². The summed E-state index contributed by atoms with van der Waals surface area (Å²) in [5.74, 6) is -0.226. The minimum absolute atomic E-state index is 0.0464. The van der Waals surface area contributed by atoms with Crippen LogP contribution < -0.4 is 15.8 Å². The second-order valence-electron chi connectivity index (χ2n) is 5.43. The van der Waals surface area contributed by atoms with Gasteiger partial charge in [-0.3, -0.25) is 9.89 Å². The smallest absolute Gasteiger partial charge is 0.404 e. The Balaban J connectivity index is 1.87. The SMILES string of the molecule is NC(=NCCN1CCS(=O)(=O)CC1)Nc1ccccc1OC(F)(F)F. The van der Waals surface area contributed by atoms with Crippen molar-refractivity contribution >= 4 is 21.5 Å². The lowest BCUT2D eigenvalue weighted by molar-refractivity contribution is -0.274. The van der Waals surface area contributed by atoms with Crippen molar-refractivity contribution in [1.29, 1.82) is 0 Å². The number of nitrogens with two attached hydrogens (primary N) is 1. The number of hydrogen-bond acceptors (Lipinski definition) is 5. The van der Waals surface area contributed by atoms with E-state index in [4.69, 9.17) is 5.73 Å². The van der Waals surface area contributed by atoms with E-state index < -0.39 is 21.9 Å². The van der Waals surface area contributed by atoms with Crippen molar-refractivity contribution in [2.45, 2.75) is 6.36 Å². The summed E-state index contributed by atoms with van der Waals surface area (Å²) in [6.45, 7) is 1.68. The molecular formula is C14H19F3N4O3S. The first kappa shape index (κ1) is 19.3. The summed E-state index contributed by atoms with van der Waals surface area (Å²) < 4.78 is 63.7. The van der Waals surface area contributed by atoms with Crippen LogP contribution in [0.2, 0.25) is 0 Å². The van der Waals surface area contributed by atoms with Crippen molar-refractivity contribution in [3.63, 3.8) is 0 Å². The molecule has 0 unspecified atom stereocenters. The Hall–Kier alpha value is -2.01. The van der Waals surface area contributed by atoms with Crippen LogP contribution in [-0.2, 0) is 9.84 Å². The number of anilines is 1. The summed E-state index contributed by atoms with van der Waals surface area (Å²) in [6, 6.07) is 5.49. The zero-order valence-electron chi connectivity index (χ0n) is 13.3. The summed E-state index contributed by atoms with van der Waals surface area (Å²) in [6.07, 6.45) is -4.81. The number of benzene rings is 1. The molecule has 7 nitrogen and oxygen atoms in total. The predicted octanol–water partition coefficient (Wildman–Crippen LogP) is 1.04. The quantitative estimate of drug-likeness (QED) is 0.585. The monoisotopic (exact) mass is 380 g/mol. The number of para-hydroxylation sites is 2. The van der Waals surface area contributed by atoms with E-state index in [1.165, 1.54) is 18.2 Å². The van der Waals surface area contributed by atoms with Crippen LogP contribution in [0.25, 0.3) is 0 Å². The molecule has 140 valence electrons. The summed E-state index contributed by atoms with van der Waals surface area (Å²) >= 11 is 0. The van der Waals surface area contributed by atoms with Gasteiger partial charge < -0.3 is 15.8 Å². The number of sulfone groups is 1. The third-order valence-corrected chi connectivity index (χ3v) is 5.12. The molecule has 0 spiro atoms. The van der Waals surface area contributed by atoms with E-state index in [-0.39, 0.29) is 23.2 Å². The Kier molecular flexibility index (Phi) is 6.11. The Morgan fingerprint density at radius 3 is 2.56 bits per heavy atom. The maximum atomic E-state index is 12.4. The normalized spacial score (nSPS) is 18.8. The van der Waals surface area contributed by atoms with Crippen LogP contribution in [0.3, 0.4) is 0 Å². The number of alkyl halides is 3. The van der Waals surface area contributed by atoms with Crippen molar-refractivity contribution in [2.24, 2.45) is 10.7 Å². The molecule has 3 N–H and O–H groups in total. The first-order valence-corrected chi connectivity index (χ1v) is 9.31. The van der Waals surface area contributed by atoms with Crippen LogP contribution in [0, 0.1) is 0 Å². The highest BCUT2D eigenvalue weighted by Crippen LogP contribution is 2.29. The number of halogens is 3. The highest BCUT2D eigenvalue weighted by atomic mass is 32.2. The molecule has 0 bridgehead atoms. The van der Waals surface area contributed by atoms with E-state index >= 15 is 0 Å². The van der Waals surface area contributed by atoms with Gasteiger partial charge in [0, 0.05) is 19.6 Å². The van der Waals surface area contributed by atoms with Crippen molar-refractivity contribution in [3.8, 4) is 5.75 Å². The van der Waals surface area contributed by atoms with Crippen LogP contribution >= 0.6 is 0 Å². The number of guanidine groups is 1. The largest absolute Gasteiger partial charge is 0.573 e. The van der Waals surface area contributed by atoms with Gasteiger partial charge in [0.05, 0.1) is 23.7 Å². The van der Waals surface area contributed by atoms with Gasteiger partial charge in [0.25, 0.3) is 0 Å². The maximum absolute atomic E-state index is 12.4. The molecule has 0 saturated carbocycles. The molecule has 1 fully saturated rings. The van der Waals surface area contributed by atoms with E-state index in [2.05, 4.69) is 15.0 Å². The first-order chi connectivity index (χ1) is 11.6. The zero-order chi connectivity index (χ0) is 18.5. The third kappa shape index (κ3) is 6.78. The van der Waals surface area contributed by atoms with Gasteiger partial charge >= 0.3 is 6.36 Å². The molecule has 1 aliphatic heterocycles. The summed E-state index contributed by atoms with van der Waals surface area (Å²) in [5.41, 5.74) is 5.73. The van der Waals surface area contributed by atoms with Gasteiger partial charge in [0.2, 0.25) is 0 Å². The molecule has 11 heteroatoms. The van der Waals surface area contributed by atoms with Crippen LogP contribution in [0.4, 0.5) is 18.9 Å². The van der Waals surface area contributed by atoms with E-state index in [1.54, 1.807) is 0 Å². The number of nitrogens with zero attached hydrogens (tertiary/aromatic N) is 2. The van der Waals surface area contributed by atoms with Crippen molar-refractivity contribution in [3.05, 3.63) is 24.3 Å². The molecule has 1 aliphatic rings. The molecule has 0 radical (unpaired) electrons. The molecule has 1 saturated heterocycles. The summed E-state index contributed by atoms with van der Waals surface area (Å²) in [4.78, 5) is 5.99. The molecule has 0 atom stereocenters. The highest BCUT2D eigenvalue weighted by Gasteiger charge is 2.32. The summed E-state index contributed by atoms with van der Waals surface area (Å²) in [5, 5.41) is 2.57. The molecule has 2 rings (SSSR count). The highest BCUT2D eigenvalue weighted by molar-refractivity contribution is 7.91. The standard InChI is InChI=1S/C14H19F3N4O3S/c15-14(16,17)24-12-4-2-1-3-11(12)20-13(18)19-5-6-21-7-9-25(22,23)10-8-21/h1-4H,5-10H2,(H3,18,19,20). The number of hydrogen-bond donors (Lipinski definition) is 2. The Morgan fingerprint density at radius 1 is 1.28 bits per heavy atom. The van der Waals surface area contributed by atoms with Gasteiger partial charge in [0.15, 0.2) is 21.5 Å². The molecular weight excluding hydrogens is 361 g/mol. The predicted molar refractivity (Wildman–Crippen MR) is 88.3 cm³/mol. The van der Waals surface area contributed by atoms with Gasteiger partial charge in [-0.15, -0.1) is 13.2 Å². The van der Waals surface area contributed by atoms with E-state index in [0.717, 1.165) is 6.07 Å². The maximum Gasteiger partial charge on any atom is 0.573 e. The average Bonchev–Trinajstić information content (AvgIpc) is 2.49. The lowest BCUT2D eigenvalue weighted by Gasteiger charge is -2.25. The van der Waals surface area contributed by atoms with Crippen LogP contribution in [0.1, 0.15) is 0 Å². The van der Waals surface area contributed by atoms with Crippen LogP contribution in [-0.4, -0.2) is 63.3 Å². The molecule has 1 heterocycles. The minimum atomic E-state index is -4.81.